The standard InChI is InChI=1S/C15H18N4OS2/c1-9-17-14-11(3-2-4-12(14)22-9)18-13(20)7-10-8-21-15-16-5-6-19(10)15/h8,11H,2-7H2,1H3,(H,18,20). The quantitative estimate of drug-likeness (QED) is 0.923. The van der Waals surface area contributed by atoms with Gasteiger partial charge in [0.05, 0.1) is 29.7 Å². The number of amidine groups is 1. The predicted molar refractivity (Wildman–Crippen MR) is 90.0 cm³/mol. The molecule has 1 aromatic rings. The van der Waals surface area contributed by atoms with E-state index in [4.69, 9.17) is 0 Å². The van der Waals surface area contributed by atoms with E-state index in [0.29, 0.717) is 6.42 Å². The summed E-state index contributed by atoms with van der Waals surface area (Å²) >= 11 is 3.39. The molecule has 0 aromatic carbocycles. The van der Waals surface area contributed by atoms with E-state index in [0.717, 1.165) is 53.9 Å². The molecular weight excluding hydrogens is 316 g/mol. The first-order valence-corrected chi connectivity index (χ1v) is 9.33. The Morgan fingerprint density at radius 3 is 3.36 bits per heavy atom. The van der Waals surface area contributed by atoms with Crippen LogP contribution in [-0.2, 0) is 11.2 Å². The number of rotatable bonds is 3. The maximum Gasteiger partial charge on any atom is 0.226 e. The zero-order valence-corrected chi connectivity index (χ0v) is 14.1. The number of fused-ring (bicyclic) bond motifs is 2. The molecule has 1 N–H and O–H groups in total. The normalized spacial score (nSPS) is 23.0. The fourth-order valence-electron chi connectivity index (χ4n) is 3.21. The third-order valence-electron chi connectivity index (χ3n) is 4.19. The van der Waals surface area contributed by atoms with Crippen molar-refractivity contribution >= 4 is 34.2 Å². The first-order chi connectivity index (χ1) is 10.7. The minimum absolute atomic E-state index is 0.0857. The molecule has 116 valence electrons. The minimum Gasteiger partial charge on any atom is -0.347 e. The predicted octanol–water partition coefficient (Wildman–Crippen LogP) is 2.60. The Labute approximate surface area is 137 Å². The van der Waals surface area contributed by atoms with E-state index in [1.54, 1.807) is 23.1 Å². The topological polar surface area (TPSA) is 57.6 Å². The molecule has 0 bridgehead atoms. The molecule has 3 heterocycles. The monoisotopic (exact) mass is 334 g/mol. The highest BCUT2D eigenvalue weighted by molar-refractivity contribution is 8.16. The summed E-state index contributed by atoms with van der Waals surface area (Å²) < 4.78 is 0. The van der Waals surface area contributed by atoms with Crippen LogP contribution in [0.4, 0.5) is 0 Å². The van der Waals surface area contributed by atoms with Crippen molar-refractivity contribution in [3.63, 3.8) is 0 Å². The molecule has 3 aliphatic rings. The molecule has 22 heavy (non-hydrogen) atoms. The molecule has 0 spiro atoms. The summed E-state index contributed by atoms with van der Waals surface area (Å²) in [4.78, 5) is 25.0. The van der Waals surface area contributed by atoms with Crippen LogP contribution in [-0.4, -0.2) is 34.0 Å². The molecule has 1 atom stereocenters. The number of nitrogens with zero attached hydrogens (tertiary/aromatic N) is 3. The van der Waals surface area contributed by atoms with Crippen molar-refractivity contribution in [2.75, 3.05) is 13.1 Å². The van der Waals surface area contributed by atoms with Crippen molar-refractivity contribution in [1.29, 1.82) is 0 Å². The lowest BCUT2D eigenvalue weighted by Gasteiger charge is -2.23. The summed E-state index contributed by atoms with van der Waals surface area (Å²) in [5.41, 5.74) is 2.17. The van der Waals surface area contributed by atoms with Crippen LogP contribution in [0.3, 0.4) is 0 Å². The summed E-state index contributed by atoms with van der Waals surface area (Å²) in [5, 5.41) is 7.37. The van der Waals surface area contributed by atoms with Crippen molar-refractivity contribution < 1.29 is 4.79 Å². The molecule has 0 saturated carbocycles. The van der Waals surface area contributed by atoms with Crippen molar-refractivity contribution in [3.05, 3.63) is 26.7 Å². The number of hydrogen-bond donors (Lipinski definition) is 1. The average Bonchev–Trinajstić information content (AvgIpc) is 3.15. The van der Waals surface area contributed by atoms with E-state index in [1.165, 1.54) is 4.88 Å². The number of thioether (sulfide) groups is 1. The second kappa shape index (κ2) is 5.70. The molecule has 1 unspecified atom stereocenters. The second-order valence-electron chi connectivity index (χ2n) is 5.77. The van der Waals surface area contributed by atoms with Gasteiger partial charge in [0, 0.05) is 17.1 Å². The van der Waals surface area contributed by atoms with E-state index in [-0.39, 0.29) is 11.9 Å². The van der Waals surface area contributed by atoms with Gasteiger partial charge in [-0.25, -0.2) is 4.98 Å². The van der Waals surface area contributed by atoms with Gasteiger partial charge in [-0.1, -0.05) is 11.8 Å². The lowest BCUT2D eigenvalue weighted by Crippen LogP contribution is -2.33. The lowest BCUT2D eigenvalue weighted by molar-refractivity contribution is -0.121. The van der Waals surface area contributed by atoms with E-state index < -0.39 is 0 Å². The summed E-state index contributed by atoms with van der Waals surface area (Å²) in [6, 6.07) is 0.0857. The van der Waals surface area contributed by atoms with Gasteiger partial charge < -0.3 is 10.2 Å². The lowest BCUT2D eigenvalue weighted by atomic mass is 9.97. The Bertz CT molecular complexity index is 679. The van der Waals surface area contributed by atoms with Gasteiger partial charge in [0.2, 0.25) is 5.91 Å². The van der Waals surface area contributed by atoms with E-state index in [1.807, 2.05) is 6.92 Å². The molecule has 0 saturated heterocycles. The molecule has 7 heteroatoms. The average molecular weight is 334 g/mol. The Hall–Kier alpha value is -1.34. The number of hydrogen-bond acceptors (Lipinski definition) is 6. The second-order valence-corrected chi connectivity index (χ2v) is 7.90. The molecule has 1 amide bonds. The van der Waals surface area contributed by atoms with Gasteiger partial charge >= 0.3 is 0 Å². The van der Waals surface area contributed by atoms with Gasteiger partial charge in [-0.05, 0) is 31.6 Å². The van der Waals surface area contributed by atoms with Crippen LogP contribution in [0.5, 0.6) is 0 Å². The van der Waals surface area contributed by atoms with Crippen LogP contribution in [0, 0.1) is 6.92 Å². The van der Waals surface area contributed by atoms with Crippen LogP contribution in [0.2, 0.25) is 0 Å². The molecule has 2 aliphatic heterocycles. The summed E-state index contributed by atoms with van der Waals surface area (Å²) in [6.45, 7) is 3.78. The van der Waals surface area contributed by atoms with Crippen molar-refractivity contribution in [1.82, 2.24) is 15.2 Å². The maximum atomic E-state index is 12.4. The zero-order valence-electron chi connectivity index (χ0n) is 12.5. The molecule has 0 radical (unpaired) electrons. The maximum absolute atomic E-state index is 12.4. The Kier molecular flexibility index (Phi) is 3.69. The van der Waals surface area contributed by atoms with Gasteiger partial charge in [0.1, 0.15) is 0 Å². The van der Waals surface area contributed by atoms with Gasteiger partial charge in [-0.3, -0.25) is 9.79 Å². The van der Waals surface area contributed by atoms with Crippen molar-refractivity contribution in [2.45, 2.75) is 38.6 Å². The van der Waals surface area contributed by atoms with E-state index in [9.17, 15) is 4.79 Å². The van der Waals surface area contributed by atoms with Crippen LogP contribution in [0.15, 0.2) is 16.1 Å². The number of thiazole rings is 1. The number of nitrogens with one attached hydrogen (secondary N) is 1. The number of amides is 1. The third-order valence-corrected chi connectivity index (χ3v) is 6.18. The summed E-state index contributed by atoms with van der Waals surface area (Å²) in [5.74, 6) is 0.0866. The van der Waals surface area contributed by atoms with Crippen LogP contribution in [0.1, 0.15) is 40.9 Å². The Morgan fingerprint density at radius 1 is 1.55 bits per heavy atom. The SMILES string of the molecule is Cc1nc2c(s1)CCCC2NC(=O)CC1=CSC2=NCCN12. The van der Waals surface area contributed by atoms with Gasteiger partial charge in [-0.15, -0.1) is 11.3 Å². The van der Waals surface area contributed by atoms with Gasteiger partial charge in [0.25, 0.3) is 0 Å². The first-order valence-electron chi connectivity index (χ1n) is 7.64. The van der Waals surface area contributed by atoms with Crippen LogP contribution in [0.25, 0.3) is 0 Å². The number of carbonyl (C=O) groups excluding carboxylic acids is 1. The zero-order chi connectivity index (χ0) is 15.1. The summed E-state index contributed by atoms with van der Waals surface area (Å²) in [7, 11) is 0. The highest BCUT2D eigenvalue weighted by atomic mass is 32.2. The number of carbonyl (C=O) groups is 1. The third kappa shape index (κ3) is 2.56. The Balaban J connectivity index is 1.42. The first kappa shape index (κ1) is 14.3. The van der Waals surface area contributed by atoms with Crippen molar-refractivity contribution in [2.24, 2.45) is 4.99 Å². The largest absolute Gasteiger partial charge is 0.347 e. The van der Waals surface area contributed by atoms with Crippen LogP contribution < -0.4 is 5.32 Å². The highest BCUT2D eigenvalue weighted by Crippen LogP contribution is 2.34. The van der Waals surface area contributed by atoms with E-state index >= 15 is 0 Å². The number of aromatic nitrogens is 1. The minimum atomic E-state index is 0.0857. The van der Waals surface area contributed by atoms with Crippen molar-refractivity contribution in [3.8, 4) is 0 Å². The molecule has 1 aliphatic carbocycles. The van der Waals surface area contributed by atoms with Gasteiger partial charge in [0.15, 0.2) is 5.17 Å². The smallest absolute Gasteiger partial charge is 0.226 e. The van der Waals surface area contributed by atoms with Gasteiger partial charge in [-0.2, -0.15) is 0 Å². The number of aliphatic imine (C=N–C) groups is 1. The molecular formula is C15H18N4OS2. The fourth-order valence-corrected chi connectivity index (χ4v) is 5.20. The summed E-state index contributed by atoms with van der Waals surface area (Å²) in [6.07, 6.45) is 3.65. The Morgan fingerprint density at radius 2 is 2.45 bits per heavy atom. The molecule has 1 aromatic heterocycles. The van der Waals surface area contributed by atoms with Crippen LogP contribution >= 0.6 is 23.1 Å². The molecule has 5 nitrogen and oxygen atoms in total. The number of aryl methyl sites for hydroxylation is 2. The highest BCUT2D eigenvalue weighted by Gasteiger charge is 2.29. The van der Waals surface area contributed by atoms with E-state index in [2.05, 4.69) is 25.6 Å². The molecule has 0 fully saturated rings. The fraction of sp³-hybridized carbons (Fsp3) is 0.533. The molecule has 4 rings (SSSR count).